The Hall–Kier alpha value is -1.49. The van der Waals surface area contributed by atoms with Gasteiger partial charge in [0.15, 0.2) is 15.7 Å². The van der Waals surface area contributed by atoms with Gasteiger partial charge in [-0.2, -0.15) is 0 Å². The Bertz CT molecular complexity index is 996. The zero-order valence-corrected chi connectivity index (χ0v) is 18.2. The number of nitrogens with zero attached hydrogens (tertiary/aromatic N) is 4. The minimum absolute atomic E-state index is 0.0174. The number of rotatable bonds is 6. The molecule has 1 aliphatic heterocycles. The highest BCUT2D eigenvalue weighted by Gasteiger charge is 2.34. The number of halogens is 2. The lowest BCUT2D eigenvalue weighted by Gasteiger charge is -2.26. The summed E-state index contributed by atoms with van der Waals surface area (Å²) < 4.78 is 24.7. The van der Waals surface area contributed by atoms with Crippen LogP contribution in [-0.2, 0) is 14.6 Å². The minimum atomic E-state index is -3.06. The standard InChI is InChI=1S/C16H19Cl2N5O3S2/c1-2-22(11-5-6-28(25,26)9-11)14(24)8-27-16-21-20-15(23(16)19)12-4-3-10(17)7-13(12)18/h3-4,7,11H,2,5-6,8-9,19H2,1H3/t11-/m1/s1. The first-order chi connectivity index (χ1) is 13.2. The number of carbonyl (C=O) groups excluding carboxylic acids is 1. The van der Waals surface area contributed by atoms with E-state index in [9.17, 15) is 13.2 Å². The Labute approximate surface area is 177 Å². The van der Waals surface area contributed by atoms with Gasteiger partial charge in [0, 0.05) is 23.2 Å². The molecule has 0 spiro atoms. The molecule has 1 aliphatic rings. The van der Waals surface area contributed by atoms with Gasteiger partial charge in [-0.05, 0) is 31.5 Å². The average molecular weight is 464 g/mol. The molecule has 2 N–H and O–H groups in total. The second-order valence-electron chi connectivity index (χ2n) is 6.33. The lowest BCUT2D eigenvalue weighted by atomic mass is 10.2. The SMILES string of the molecule is CCN(C(=O)CSc1nnc(-c2ccc(Cl)cc2Cl)n1N)[C@@H]1CCS(=O)(=O)C1. The van der Waals surface area contributed by atoms with E-state index in [4.69, 9.17) is 29.0 Å². The quantitative estimate of drug-likeness (QED) is 0.515. The molecule has 1 amide bonds. The summed E-state index contributed by atoms with van der Waals surface area (Å²) in [4.78, 5) is 14.2. The molecule has 28 heavy (non-hydrogen) atoms. The van der Waals surface area contributed by atoms with Gasteiger partial charge in [-0.3, -0.25) is 4.79 Å². The first-order valence-corrected chi connectivity index (χ1v) is 12.1. The number of carbonyl (C=O) groups is 1. The number of hydrogen-bond acceptors (Lipinski definition) is 7. The molecule has 12 heteroatoms. The van der Waals surface area contributed by atoms with Crippen LogP contribution in [-0.4, -0.2) is 63.9 Å². The summed E-state index contributed by atoms with van der Waals surface area (Å²) >= 11 is 13.2. The summed E-state index contributed by atoms with van der Waals surface area (Å²) in [5, 5.41) is 9.31. The highest BCUT2D eigenvalue weighted by Crippen LogP contribution is 2.30. The van der Waals surface area contributed by atoms with Crippen molar-refractivity contribution in [1.82, 2.24) is 19.8 Å². The average Bonchev–Trinajstić information content (AvgIpc) is 3.16. The van der Waals surface area contributed by atoms with Gasteiger partial charge in [0.2, 0.25) is 11.1 Å². The molecule has 152 valence electrons. The smallest absolute Gasteiger partial charge is 0.233 e. The van der Waals surface area contributed by atoms with Gasteiger partial charge in [-0.15, -0.1) is 10.2 Å². The number of amides is 1. The van der Waals surface area contributed by atoms with Crippen LogP contribution in [0.4, 0.5) is 0 Å². The van der Waals surface area contributed by atoms with Crippen molar-refractivity contribution in [3.05, 3.63) is 28.2 Å². The summed E-state index contributed by atoms with van der Waals surface area (Å²) in [5.74, 6) is 6.48. The Morgan fingerprint density at radius 2 is 2.14 bits per heavy atom. The maximum atomic E-state index is 12.6. The number of benzene rings is 1. The predicted octanol–water partition coefficient (Wildman–Crippen LogP) is 2.09. The molecule has 2 aromatic rings. The van der Waals surface area contributed by atoms with Crippen LogP contribution in [0.25, 0.3) is 11.4 Å². The first kappa shape index (κ1) is 21.2. The molecule has 1 aromatic carbocycles. The third kappa shape index (κ3) is 4.56. The zero-order chi connectivity index (χ0) is 20.5. The van der Waals surface area contributed by atoms with Crippen LogP contribution >= 0.6 is 35.0 Å². The first-order valence-electron chi connectivity index (χ1n) is 8.50. The van der Waals surface area contributed by atoms with Crippen LogP contribution in [0, 0.1) is 0 Å². The number of hydrogen-bond donors (Lipinski definition) is 1. The van der Waals surface area contributed by atoms with Gasteiger partial charge in [0.25, 0.3) is 0 Å². The Balaban J connectivity index is 1.69. The lowest BCUT2D eigenvalue weighted by molar-refractivity contribution is -0.129. The van der Waals surface area contributed by atoms with Gasteiger partial charge >= 0.3 is 0 Å². The van der Waals surface area contributed by atoms with Crippen LogP contribution in [0.3, 0.4) is 0 Å². The van der Waals surface area contributed by atoms with E-state index in [1.54, 1.807) is 23.1 Å². The molecular weight excluding hydrogens is 445 g/mol. The number of thioether (sulfide) groups is 1. The molecule has 0 unspecified atom stereocenters. The van der Waals surface area contributed by atoms with E-state index in [2.05, 4.69) is 10.2 Å². The monoisotopic (exact) mass is 463 g/mol. The summed E-state index contributed by atoms with van der Waals surface area (Å²) in [6, 6.07) is 4.67. The summed E-state index contributed by atoms with van der Waals surface area (Å²) in [7, 11) is -3.06. The van der Waals surface area contributed by atoms with Crippen LogP contribution in [0.15, 0.2) is 23.4 Å². The topological polar surface area (TPSA) is 111 Å². The number of nitrogen functional groups attached to an aromatic ring is 1. The Morgan fingerprint density at radius 3 is 2.75 bits per heavy atom. The van der Waals surface area contributed by atoms with Crippen molar-refractivity contribution in [3.8, 4) is 11.4 Å². The lowest BCUT2D eigenvalue weighted by Crippen LogP contribution is -2.42. The highest BCUT2D eigenvalue weighted by atomic mass is 35.5. The van der Waals surface area contributed by atoms with Crippen molar-refractivity contribution >= 4 is 50.7 Å². The van der Waals surface area contributed by atoms with Crippen molar-refractivity contribution in [2.45, 2.75) is 24.5 Å². The Kier molecular flexibility index (Phi) is 6.43. The van der Waals surface area contributed by atoms with Crippen molar-refractivity contribution in [2.24, 2.45) is 0 Å². The van der Waals surface area contributed by atoms with Crippen molar-refractivity contribution in [2.75, 3.05) is 29.6 Å². The zero-order valence-electron chi connectivity index (χ0n) is 15.0. The van der Waals surface area contributed by atoms with Crippen molar-refractivity contribution < 1.29 is 13.2 Å². The molecule has 0 bridgehead atoms. The molecule has 1 saturated heterocycles. The van der Waals surface area contributed by atoms with Crippen molar-refractivity contribution in [3.63, 3.8) is 0 Å². The van der Waals surface area contributed by atoms with Gasteiger partial charge in [0.1, 0.15) is 0 Å². The van der Waals surface area contributed by atoms with Gasteiger partial charge in [-0.1, -0.05) is 35.0 Å². The summed E-state index contributed by atoms with van der Waals surface area (Å²) in [6.45, 7) is 2.28. The number of nitrogens with two attached hydrogens (primary N) is 1. The third-order valence-electron chi connectivity index (χ3n) is 4.47. The molecule has 1 atom stereocenters. The highest BCUT2D eigenvalue weighted by molar-refractivity contribution is 7.99. The van der Waals surface area contributed by atoms with E-state index < -0.39 is 9.84 Å². The van der Waals surface area contributed by atoms with Crippen molar-refractivity contribution in [1.29, 1.82) is 0 Å². The fourth-order valence-corrected chi connectivity index (χ4v) is 6.06. The second kappa shape index (κ2) is 8.48. The fraction of sp³-hybridized carbons (Fsp3) is 0.438. The molecular formula is C16H19Cl2N5O3S2. The van der Waals surface area contributed by atoms with E-state index in [1.165, 1.54) is 4.68 Å². The normalized spacial score (nSPS) is 18.3. The second-order valence-corrected chi connectivity index (χ2v) is 10.3. The molecule has 0 radical (unpaired) electrons. The molecule has 8 nitrogen and oxygen atoms in total. The minimum Gasteiger partial charge on any atom is -0.338 e. The van der Waals surface area contributed by atoms with Gasteiger partial charge in [-0.25, -0.2) is 13.1 Å². The molecule has 1 aromatic heterocycles. The molecule has 0 saturated carbocycles. The maximum absolute atomic E-state index is 12.6. The molecule has 0 aliphatic carbocycles. The Morgan fingerprint density at radius 1 is 1.39 bits per heavy atom. The van der Waals surface area contributed by atoms with Crippen LogP contribution in [0.1, 0.15) is 13.3 Å². The number of aromatic nitrogens is 3. The third-order valence-corrected chi connectivity index (χ3v) is 7.70. The predicted molar refractivity (Wildman–Crippen MR) is 111 cm³/mol. The van der Waals surface area contributed by atoms with Crippen LogP contribution in [0.2, 0.25) is 10.0 Å². The van der Waals surface area contributed by atoms with Crippen LogP contribution in [0.5, 0.6) is 0 Å². The summed E-state index contributed by atoms with van der Waals surface area (Å²) in [6.07, 6.45) is 0.471. The molecule has 2 heterocycles. The molecule has 3 rings (SSSR count). The van der Waals surface area contributed by atoms with E-state index in [0.29, 0.717) is 39.6 Å². The van der Waals surface area contributed by atoms with Crippen LogP contribution < -0.4 is 5.84 Å². The fourth-order valence-electron chi connectivity index (χ4n) is 3.10. The van der Waals surface area contributed by atoms with E-state index in [0.717, 1.165) is 11.8 Å². The van der Waals surface area contributed by atoms with E-state index in [-0.39, 0.29) is 29.2 Å². The largest absolute Gasteiger partial charge is 0.338 e. The van der Waals surface area contributed by atoms with E-state index in [1.807, 2.05) is 6.92 Å². The van der Waals surface area contributed by atoms with Gasteiger partial charge < -0.3 is 10.7 Å². The number of sulfone groups is 1. The summed E-state index contributed by atoms with van der Waals surface area (Å²) in [5.41, 5.74) is 0.575. The molecule has 1 fully saturated rings. The van der Waals surface area contributed by atoms with Gasteiger partial charge in [0.05, 0.1) is 22.3 Å². The maximum Gasteiger partial charge on any atom is 0.233 e. The van der Waals surface area contributed by atoms with E-state index >= 15 is 0 Å².